The number of nitrogens with zero attached hydrogens (tertiary/aromatic N) is 3. The number of aromatic nitrogens is 2. The fraction of sp³-hybridized carbons (Fsp3) is 0.267. The number of esters is 1. The number of rotatable bonds is 9. The van der Waals surface area contributed by atoms with Gasteiger partial charge in [-0.1, -0.05) is 38.1 Å². The molecule has 196 valence electrons. The number of fused-ring (bicyclic) bond motifs is 1. The first-order chi connectivity index (χ1) is 18.3. The molecular weight excluding hydrogens is 482 g/mol. The van der Waals surface area contributed by atoms with Gasteiger partial charge in [0, 0.05) is 5.56 Å². The van der Waals surface area contributed by atoms with Crippen LogP contribution in [0.15, 0.2) is 70.6 Å². The van der Waals surface area contributed by atoms with E-state index < -0.39 is 5.97 Å². The number of para-hydroxylation sites is 1. The van der Waals surface area contributed by atoms with Gasteiger partial charge >= 0.3 is 5.97 Å². The number of aryl methyl sites for hydroxylation is 1. The van der Waals surface area contributed by atoms with Crippen molar-refractivity contribution in [3.63, 3.8) is 0 Å². The Morgan fingerprint density at radius 2 is 1.89 bits per heavy atom. The Morgan fingerprint density at radius 3 is 2.63 bits per heavy atom. The maximum absolute atomic E-state index is 13.6. The van der Waals surface area contributed by atoms with E-state index in [1.165, 1.54) is 4.68 Å². The summed E-state index contributed by atoms with van der Waals surface area (Å²) in [6.07, 6.45) is 1.57. The Balaban J connectivity index is 1.81. The third-order valence-corrected chi connectivity index (χ3v) is 6.04. The van der Waals surface area contributed by atoms with Crippen LogP contribution in [-0.2, 0) is 9.53 Å². The first-order valence-corrected chi connectivity index (χ1v) is 12.5. The van der Waals surface area contributed by atoms with Crippen molar-refractivity contribution < 1.29 is 19.0 Å². The normalized spacial score (nSPS) is 11.3. The zero-order valence-electron chi connectivity index (χ0n) is 22.2. The summed E-state index contributed by atoms with van der Waals surface area (Å²) in [5.74, 6) is 1.46. The van der Waals surface area contributed by atoms with E-state index in [0.29, 0.717) is 28.0 Å². The number of carbonyl (C=O) groups excluding carboxylic acids is 1. The van der Waals surface area contributed by atoms with Crippen molar-refractivity contribution in [1.82, 2.24) is 9.66 Å². The summed E-state index contributed by atoms with van der Waals surface area (Å²) in [6.45, 7) is 7.98. The van der Waals surface area contributed by atoms with Gasteiger partial charge < -0.3 is 14.2 Å². The number of carbonyl (C=O) groups is 1. The molecule has 0 aliphatic rings. The number of ether oxygens (including phenoxy) is 3. The summed E-state index contributed by atoms with van der Waals surface area (Å²) in [7, 11) is 1.65. The molecule has 8 nitrogen and oxygen atoms in total. The van der Waals surface area contributed by atoms with Gasteiger partial charge in [-0.15, -0.1) is 0 Å². The summed E-state index contributed by atoms with van der Waals surface area (Å²) < 4.78 is 17.4. The Kier molecular flexibility index (Phi) is 8.21. The smallest absolute Gasteiger partial charge is 0.344 e. The van der Waals surface area contributed by atoms with Crippen molar-refractivity contribution in [3.05, 3.63) is 87.7 Å². The maximum atomic E-state index is 13.6. The first kappa shape index (κ1) is 26.6. The second-order valence-corrected chi connectivity index (χ2v) is 9.04. The number of hydrogen-bond donors (Lipinski definition) is 0. The molecule has 0 saturated heterocycles. The van der Waals surface area contributed by atoms with Gasteiger partial charge in [-0.2, -0.15) is 9.78 Å². The largest absolute Gasteiger partial charge is 0.496 e. The van der Waals surface area contributed by atoms with E-state index in [9.17, 15) is 9.59 Å². The van der Waals surface area contributed by atoms with E-state index >= 15 is 0 Å². The van der Waals surface area contributed by atoms with Gasteiger partial charge in [0.1, 0.15) is 11.5 Å². The van der Waals surface area contributed by atoms with Crippen LogP contribution in [0, 0.1) is 6.92 Å². The summed E-state index contributed by atoms with van der Waals surface area (Å²) in [4.78, 5) is 30.1. The Bertz CT molecular complexity index is 1560. The Labute approximate surface area is 221 Å². The van der Waals surface area contributed by atoms with Crippen LogP contribution in [-0.4, -0.2) is 42.2 Å². The summed E-state index contributed by atoms with van der Waals surface area (Å²) in [5, 5.41) is 5.03. The van der Waals surface area contributed by atoms with Crippen LogP contribution in [0.4, 0.5) is 0 Å². The van der Waals surface area contributed by atoms with Crippen molar-refractivity contribution in [2.45, 2.75) is 33.6 Å². The monoisotopic (exact) mass is 513 g/mol. The van der Waals surface area contributed by atoms with E-state index in [0.717, 1.165) is 22.4 Å². The SMILES string of the molecule is CCOC(=O)COc1cccc(C=Nn2c(-c3cc(C(C)C)c(OC)cc3C)nc3ccccc3c2=O)c1. The lowest BCUT2D eigenvalue weighted by Crippen LogP contribution is -2.20. The molecule has 0 saturated carbocycles. The van der Waals surface area contributed by atoms with Crippen LogP contribution in [0.25, 0.3) is 22.3 Å². The molecule has 1 aromatic heterocycles. The molecule has 0 unspecified atom stereocenters. The van der Waals surface area contributed by atoms with E-state index in [1.807, 2.05) is 37.3 Å². The molecular formula is C30H31N3O5. The molecule has 0 atom stereocenters. The highest BCUT2D eigenvalue weighted by atomic mass is 16.6. The van der Waals surface area contributed by atoms with E-state index in [-0.39, 0.29) is 24.7 Å². The number of hydrogen-bond acceptors (Lipinski definition) is 7. The quantitative estimate of drug-likeness (QED) is 0.222. The van der Waals surface area contributed by atoms with E-state index in [4.69, 9.17) is 19.2 Å². The molecule has 1 heterocycles. The molecule has 0 spiro atoms. The average Bonchev–Trinajstić information content (AvgIpc) is 2.91. The van der Waals surface area contributed by atoms with Crippen molar-refractivity contribution in [2.75, 3.05) is 20.3 Å². The van der Waals surface area contributed by atoms with Gasteiger partial charge in [0.2, 0.25) is 0 Å². The average molecular weight is 514 g/mol. The van der Waals surface area contributed by atoms with Crippen LogP contribution in [0.1, 0.15) is 43.4 Å². The third-order valence-electron chi connectivity index (χ3n) is 6.04. The zero-order valence-corrected chi connectivity index (χ0v) is 22.2. The molecule has 8 heteroatoms. The van der Waals surface area contributed by atoms with Crippen LogP contribution in [0.2, 0.25) is 0 Å². The molecule has 38 heavy (non-hydrogen) atoms. The van der Waals surface area contributed by atoms with Crippen LogP contribution >= 0.6 is 0 Å². The molecule has 0 N–H and O–H groups in total. The van der Waals surface area contributed by atoms with Crippen molar-refractivity contribution in [2.24, 2.45) is 5.10 Å². The van der Waals surface area contributed by atoms with Gasteiger partial charge in [0.25, 0.3) is 5.56 Å². The minimum atomic E-state index is -0.444. The fourth-order valence-corrected chi connectivity index (χ4v) is 4.13. The van der Waals surface area contributed by atoms with E-state index in [2.05, 4.69) is 18.9 Å². The number of methoxy groups -OCH3 is 1. The summed E-state index contributed by atoms with van der Waals surface area (Å²) in [6, 6.07) is 18.3. The van der Waals surface area contributed by atoms with Crippen LogP contribution < -0.4 is 15.0 Å². The molecule has 0 fully saturated rings. The maximum Gasteiger partial charge on any atom is 0.344 e. The summed E-state index contributed by atoms with van der Waals surface area (Å²) >= 11 is 0. The van der Waals surface area contributed by atoms with Gasteiger partial charge in [0.15, 0.2) is 12.4 Å². The van der Waals surface area contributed by atoms with Gasteiger partial charge in [0.05, 0.1) is 30.8 Å². The second-order valence-electron chi connectivity index (χ2n) is 9.04. The predicted molar refractivity (Wildman–Crippen MR) is 148 cm³/mol. The predicted octanol–water partition coefficient (Wildman–Crippen LogP) is 5.33. The van der Waals surface area contributed by atoms with Gasteiger partial charge in [-0.25, -0.2) is 9.78 Å². The lowest BCUT2D eigenvalue weighted by molar-refractivity contribution is -0.145. The first-order valence-electron chi connectivity index (χ1n) is 12.5. The van der Waals surface area contributed by atoms with Crippen molar-refractivity contribution in [3.8, 4) is 22.9 Å². The molecule has 4 aromatic rings. The lowest BCUT2D eigenvalue weighted by Gasteiger charge is -2.17. The molecule has 0 bridgehead atoms. The lowest BCUT2D eigenvalue weighted by atomic mass is 9.96. The molecule has 4 rings (SSSR count). The Hall–Kier alpha value is -4.46. The number of benzene rings is 3. The fourth-order valence-electron chi connectivity index (χ4n) is 4.13. The topological polar surface area (TPSA) is 92.0 Å². The van der Waals surface area contributed by atoms with Crippen LogP contribution in [0.3, 0.4) is 0 Å². The van der Waals surface area contributed by atoms with Gasteiger partial charge in [-0.05, 0) is 72.9 Å². The summed E-state index contributed by atoms with van der Waals surface area (Å²) in [5.41, 5.74) is 3.71. The zero-order chi connectivity index (χ0) is 27.2. The van der Waals surface area contributed by atoms with E-state index in [1.54, 1.807) is 50.6 Å². The highest BCUT2D eigenvalue weighted by Gasteiger charge is 2.18. The van der Waals surface area contributed by atoms with Crippen molar-refractivity contribution >= 4 is 23.1 Å². The standard InChI is InChI=1S/C30H31N3O5/c1-6-37-28(34)18-38-22-11-9-10-21(15-22)17-31-33-29(32-26-13-8-7-12-23(26)30(33)35)25-16-24(19(2)3)27(36-5)14-20(25)4/h7-17,19H,6,18H2,1-5H3. The minimum Gasteiger partial charge on any atom is -0.496 e. The third kappa shape index (κ3) is 5.75. The highest BCUT2D eigenvalue weighted by Crippen LogP contribution is 2.34. The second kappa shape index (κ2) is 11.7. The van der Waals surface area contributed by atoms with Crippen LogP contribution in [0.5, 0.6) is 11.5 Å². The molecule has 0 aliphatic carbocycles. The van der Waals surface area contributed by atoms with Gasteiger partial charge in [-0.3, -0.25) is 4.79 Å². The molecule has 0 amide bonds. The van der Waals surface area contributed by atoms with Crippen molar-refractivity contribution in [1.29, 1.82) is 0 Å². The molecule has 0 aliphatic heterocycles. The molecule has 0 radical (unpaired) electrons. The minimum absolute atomic E-state index is 0.193. The Morgan fingerprint density at radius 1 is 1.11 bits per heavy atom. The molecule has 3 aromatic carbocycles. The highest BCUT2D eigenvalue weighted by molar-refractivity contribution is 5.83.